The summed E-state index contributed by atoms with van der Waals surface area (Å²) in [5.41, 5.74) is 0.460. The van der Waals surface area contributed by atoms with Crippen molar-refractivity contribution < 1.29 is 8.42 Å². The van der Waals surface area contributed by atoms with Crippen LogP contribution in [0.2, 0.25) is 0 Å². The van der Waals surface area contributed by atoms with E-state index in [1.54, 1.807) is 0 Å². The van der Waals surface area contributed by atoms with Crippen LogP contribution in [0.3, 0.4) is 0 Å². The molecule has 0 radical (unpaired) electrons. The van der Waals surface area contributed by atoms with Gasteiger partial charge in [0.25, 0.3) is 0 Å². The number of sulfonamides is 1. The predicted molar refractivity (Wildman–Crippen MR) is 72.8 cm³/mol. The third-order valence-corrected chi connectivity index (χ3v) is 5.57. The molecule has 1 aromatic rings. The molecule has 3 unspecified atom stereocenters. The monoisotopic (exact) mass is 278 g/mol. The maximum Gasteiger partial charge on any atom is 0.240 e. The van der Waals surface area contributed by atoms with Gasteiger partial charge in [-0.25, -0.2) is 13.1 Å². The van der Waals surface area contributed by atoms with Gasteiger partial charge in [0.1, 0.15) is 0 Å². The Morgan fingerprint density at radius 2 is 1.84 bits per heavy atom. The maximum absolute atomic E-state index is 12.2. The van der Waals surface area contributed by atoms with E-state index in [1.165, 1.54) is 24.3 Å². The third kappa shape index (κ3) is 2.96. The van der Waals surface area contributed by atoms with Crippen molar-refractivity contribution in [3.63, 3.8) is 0 Å². The number of rotatable bonds is 3. The highest BCUT2D eigenvalue weighted by molar-refractivity contribution is 7.89. The second-order valence-electron chi connectivity index (χ2n) is 5.28. The van der Waals surface area contributed by atoms with Crippen LogP contribution in [-0.2, 0) is 10.0 Å². The van der Waals surface area contributed by atoms with Crippen molar-refractivity contribution >= 4 is 10.0 Å². The number of nitriles is 1. The fraction of sp³-hybridized carbons (Fsp3) is 0.500. The summed E-state index contributed by atoms with van der Waals surface area (Å²) < 4.78 is 27.3. The van der Waals surface area contributed by atoms with Gasteiger partial charge < -0.3 is 0 Å². The average molecular weight is 278 g/mol. The molecule has 0 bridgehead atoms. The lowest BCUT2D eigenvalue weighted by Crippen LogP contribution is -2.37. The number of hydrogen-bond acceptors (Lipinski definition) is 3. The molecule has 1 N–H and O–H groups in total. The lowest BCUT2D eigenvalue weighted by atomic mass is 9.98. The molecule has 0 saturated heterocycles. The van der Waals surface area contributed by atoms with Gasteiger partial charge in [0.15, 0.2) is 0 Å². The highest BCUT2D eigenvalue weighted by atomic mass is 32.2. The Bertz CT molecular complexity index is 587. The van der Waals surface area contributed by atoms with E-state index >= 15 is 0 Å². The average Bonchev–Trinajstić information content (AvgIpc) is 2.70. The van der Waals surface area contributed by atoms with Gasteiger partial charge in [-0.05, 0) is 48.9 Å². The van der Waals surface area contributed by atoms with Crippen LogP contribution in [-0.4, -0.2) is 14.5 Å². The van der Waals surface area contributed by atoms with Gasteiger partial charge in [-0.1, -0.05) is 13.8 Å². The van der Waals surface area contributed by atoms with Gasteiger partial charge in [-0.3, -0.25) is 0 Å². The fourth-order valence-electron chi connectivity index (χ4n) is 2.51. The summed E-state index contributed by atoms with van der Waals surface area (Å²) in [6.45, 7) is 4.24. The Labute approximate surface area is 114 Å². The molecular weight excluding hydrogens is 260 g/mol. The normalized spacial score (nSPS) is 27.1. The Morgan fingerprint density at radius 1 is 1.21 bits per heavy atom. The topological polar surface area (TPSA) is 70.0 Å². The summed E-state index contributed by atoms with van der Waals surface area (Å²) in [5.74, 6) is 0.904. The van der Waals surface area contributed by atoms with Crippen LogP contribution in [0.4, 0.5) is 0 Å². The van der Waals surface area contributed by atoms with Crippen LogP contribution in [0, 0.1) is 23.2 Å². The molecule has 2 rings (SSSR count). The lowest BCUT2D eigenvalue weighted by Gasteiger charge is -2.19. The lowest BCUT2D eigenvalue weighted by molar-refractivity contribution is 0.402. The van der Waals surface area contributed by atoms with E-state index in [4.69, 9.17) is 5.26 Å². The summed E-state index contributed by atoms with van der Waals surface area (Å²) in [7, 11) is -3.48. The highest BCUT2D eigenvalue weighted by Crippen LogP contribution is 2.32. The molecule has 19 heavy (non-hydrogen) atoms. The van der Waals surface area contributed by atoms with E-state index in [2.05, 4.69) is 18.6 Å². The molecule has 4 nitrogen and oxygen atoms in total. The summed E-state index contributed by atoms with van der Waals surface area (Å²) in [6.07, 6.45) is 1.94. The van der Waals surface area contributed by atoms with Crippen molar-refractivity contribution in [3.05, 3.63) is 29.8 Å². The van der Waals surface area contributed by atoms with Crippen LogP contribution in [0.15, 0.2) is 29.2 Å². The standard InChI is InChI=1S/C14H18N2O2S/c1-10-3-8-14(11(10)2)16-19(17,18)13-6-4-12(9-15)5-7-13/h4-7,10-11,14,16H,3,8H2,1-2H3. The van der Waals surface area contributed by atoms with Crippen molar-refractivity contribution in [2.75, 3.05) is 0 Å². The molecule has 102 valence electrons. The molecule has 0 spiro atoms. The quantitative estimate of drug-likeness (QED) is 0.922. The number of nitrogens with zero attached hydrogens (tertiary/aromatic N) is 1. The minimum Gasteiger partial charge on any atom is -0.208 e. The van der Waals surface area contributed by atoms with Gasteiger partial charge in [0.05, 0.1) is 16.5 Å². The molecular formula is C14H18N2O2S. The SMILES string of the molecule is CC1CCC(NS(=O)(=O)c2ccc(C#N)cc2)C1C. The molecule has 0 aliphatic heterocycles. The van der Waals surface area contributed by atoms with Gasteiger partial charge in [0, 0.05) is 6.04 Å². The van der Waals surface area contributed by atoms with Crippen LogP contribution < -0.4 is 4.72 Å². The van der Waals surface area contributed by atoms with Crippen molar-refractivity contribution in [1.29, 1.82) is 5.26 Å². The largest absolute Gasteiger partial charge is 0.240 e. The van der Waals surface area contributed by atoms with Crippen LogP contribution >= 0.6 is 0 Å². The minimum atomic E-state index is -3.48. The van der Waals surface area contributed by atoms with Gasteiger partial charge in [-0.15, -0.1) is 0 Å². The summed E-state index contributed by atoms with van der Waals surface area (Å²) >= 11 is 0. The third-order valence-electron chi connectivity index (χ3n) is 4.07. The van der Waals surface area contributed by atoms with E-state index in [0.29, 0.717) is 17.4 Å². The molecule has 0 aromatic heterocycles. The second kappa shape index (κ2) is 5.32. The van der Waals surface area contributed by atoms with E-state index in [1.807, 2.05) is 6.07 Å². The molecule has 0 amide bonds. The van der Waals surface area contributed by atoms with E-state index in [9.17, 15) is 8.42 Å². The van der Waals surface area contributed by atoms with Gasteiger partial charge in [0.2, 0.25) is 10.0 Å². The molecule has 1 aromatic carbocycles. The van der Waals surface area contributed by atoms with Crippen molar-refractivity contribution in [2.24, 2.45) is 11.8 Å². The summed E-state index contributed by atoms with van der Waals surface area (Å²) in [5, 5.41) is 8.71. The predicted octanol–water partition coefficient (Wildman–Crippen LogP) is 2.27. The zero-order valence-electron chi connectivity index (χ0n) is 11.1. The fourth-order valence-corrected chi connectivity index (χ4v) is 3.87. The first-order valence-electron chi connectivity index (χ1n) is 6.46. The number of hydrogen-bond donors (Lipinski definition) is 1. The molecule has 0 heterocycles. The first-order chi connectivity index (χ1) is 8.94. The van der Waals surface area contributed by atoms with Gasteiger partial charge >= 0.3 is 0 Å². The molecule has 1 fully saturated rings. The Hall–Kier alpha value is -1.38. The zero-order valence-corrected chi connectivity index (χ0v) is 11.9. The molecule has 5 heteroatoms. The van der Waals surface area contributed by atoms with Crippen molar-refractivity contribution in [2.45, 2.75) is 37.6 Å². The molecule has 3 atom stereocenters. The highest BCUT2D eigenvalue weighted by Gasteiger charge is 2.32. The Balaban J connectivity index is 2.16. The van der Waals surface area contributed by atoms with E-state index < -0.39 is 10.0 Å². The van der Waals surface area contributed by atoms with Crippen molar-refractivity contribution in [1.82, 2.24) is 4.72 Å². The zero-order chi connectivity index (χ0) is 14.0. The minimum absolute atomic E-state index is 0.00985. The smallest absolute Gasteiger partial charge is 0.208 e. The van der Waals surface area contributed by atoms with Gasteiger partial charge in [-0.2, -0.15) is 5.26 Å². The van der Waals surface area contributed by atoms with Crippen LogP contribution in [0.1, 0.15) is 32.3 Å². The first kappa shape index (κ1) is 14.0. The molecule has 1 saturated carbocycles. The summed E-state index contributed by atoms with van der Waals surface area (Å²) in [6, 6.07) is 7.98. The molecule has 1 aliphatic rings. The Kier molecular flexibility index (Phi) is 3.93. The number of nitrogens with one attached hydrogen (secondary N) is 1. The summed E-state index contributed by atoms with van der Waals surface area (Å²) in [4.78, 5) is 0.221. The Morgan fingerprint density at radius 3 is 2.32 bits per heavy atom. The van der Waals surface area contributed by atoms with Crippen molar-refractivity contribution in [3.8, 4) is 6.07 Å². The molecule has 1 aliphatic carbocycles. The van der Waals surface area contributed by atoms with E-state index in [0.717, 1.165) is 12.8 Å². The van der Waals surface area contributed by atoms with E-state index in [-0.39, 0.29) is 10.9 Å². The maximum atomic E-state index is 12.2. The van der Waals surface area contributed by atoms with Crippen LogP contribution in [0.5, 0.6) is 0 Å². The first-order valence-corrected chi connectivity index (χ1v) is 7.95. The second-order valence-corrected chi connectivity index (χ2v) is 6.99. The van der Waals surface area contributed by atoms with Crippen LogP contribution in [0.25, 0.3) is 0 Å². The number of benzene rings is 1.